The minimum absolute atomic E-state index is 0.0728. The average Bonchev–Trinajstić information content (AvgIpc) is 2.34. The van der Waals surface area contributed by atoms with Crippen molar-refractivity contribution in [3.05, 3.63) is 11.9 Å². The summed E-state index contributed by atoms with van der Waals surface area (Å²) in [6.07, 6.45) is 1.39. The van der Waals surface area contributed by atoms with Crippen LogP contribution in [0.5, 0.6) is 0 Å². The Labute approximate surface area is 113 Å². The molecule has 1 aromatic rings. The fourth-order valence-electron chi connectivity index (χ4n) is 1.87. The maximum absolute atomic E-state index is 11.8. The molecule has 6 nitrogen and oxygen atoms in total. The largest absolute Gasteiger partial charge is 0.467 e. The first-order chi connectivity index (χ1) is 8.88. The van der Waals surface area contributed by atoms with Crippen LogP contribution < -0.4 is 11.1 Å². The van der Waals surface area contributed by atoms with Crippen LogP contribution in [0, 0.1) is 5.92 Å². The molecule has 19 heavy (non-hydrogen) atoms. The molecule has 0 aliphatic heterocycles. The highest BCUT2D eigenvalue weighted by atomic mass is 16.5. The number of nitrogens with two attached hydrogens (primary N) is 1. The van der Waals surface area contributed by atoms with Gasteiger partial charge in [0.05, 0.1) is 7.11 Å². The van der Waals surface area contributed by atoms with Crippen LogP contribution in [-0.2, 0) is 9.53 Å². The Morgan fingerprint density at radius 3 is 2.42 bits per heavy atom. The molecule has 3 N–H and O–H groups in total. The van der Waals surface area contributed by atoms with Gasteiger partial charge in [-0.05, 0) is 11.8 Å². The van der Waals surface area contributed by atoms with Crippen LogP contribution in [0.15, 0.2) is 6.33 Å². The highest BCUT2D eigenvalue weighted by Crippen LogP contribution is 2.27. The van der Waals surface area contributed by atoms with Gasteiger partial charge in [-0.1, -0.05) is 27.7 Å². The number of rotatable bonds is 5. The molecule has 1 heterocycles. The van der Waals surface area contributed by atoms with Gasteiger partial charge in [0.15, 0.2) is 0 Å². The average molecular weight is 266 g/mol. The normalized spacial score (nSPS) is 12.6. The molecule has 0 fully saturated rings. The van der Waals surface area contributed by atoms with Crippen LogP contribution in [0.3, 0.4) is 0 Å². The summed E-state index contributed by atoms with van der Waals surface area (Å²) in [7, 11) is 1.37. The second-order valence-electron chi connectivity index (χ2n) is 5.07. The Hall–Kier alpha value is -1.85. The predicted molar refractivity (Wildman–Crippen MR) is 74.8 cm³/mol. The standard InChI is InChI=1S/C13H22N4O2/c1-7(2)9-11(14)15-6-16-12(9)17-10(8(3)4)13(18)19-5/h6-8,10H,1-5H3,(H3,14,15,16,17). The summed E-state index contributed by atoms with van der Waals surface area (Å²) >= 11 is 0. The number of anilines is 2. The Morgan fingerprint density at radius 1 is 1.32 bits per heavy atom. The van der Waals surface area contributed by atoms with E-state index in [2.05, 4.69) is 15.3 Å². The summed E-state index contributed by atoms with van der Waals surface area (Å²) in [5.74, 6) is 0.936. The number of nitrogen functional groups attached to an aromatic ring is 1. The first-order valence-electron chi connectivity index (χ1n) is 6.33. The number of hydrogen-bond donors (Lipinski definition) is 2. The maximum Gasteiger partial charge on any atom is 0.328 e. The number of carbonyl (C=O) groups is 1. The number of aromatic nitrogens is 2. The fourth-order valence-corrected chi connectivity index (χ4v) is 1.87. The van der Waals surface area contributed by atoms with Gasteiger partial charge in [0.2, 0.25) is 0 Å². The van der Waals surface area contributed by atoms with E-state index in [1.165, 1.54) is 13.4 Å². The lowest BCUT2D eigenvalue weighted by Gasteiger charge is -2.23. The van der Waals surface area contributed by atoms with E-state index >= 15 is 0 Å². The molecular weight excluding hydrogens is 244 g/mol. The van der Waals surface area contributed by atoms with Gasteiger partial charge in [0, 0.05) is 5.56 Å². The quantitative estimate of drug-likeness (QED) is 0.790. The maximum atomic E-state index is 11.8. The summed E-state index contributed by atoms with van der Waals surface area (Å²) in [6, 6.07) is -0.461. The minimum atomic E-state index is -0.461. The molecule has 0 aliphatic rings. The first kappa shape index (κ1) is 15.2. The number of carbonyl (C=O) groups excluding carboxylic acids is 1. The smallest absolute Gasteiger partial charge is 0.328 e. The van der Waals surface area contributed by atoms with Crippen molar-refractivity contribution in [3.63, 3.8) is 0 Å². The highest BCUT2D eigenvalue weighted by molar-refractivity contribution is 5.79. The molecule has 0 aliphatic carbocycles. The van der Waals surface area contributed by atoms with Crippen molar-refractivity contribution >= 4 is 17.6 Å². The molecule has 6 heteroatoms. The molecule has 106 valence electrons. The summed E-state index contributed by atoms with van der Waals surface area (Å²) in [5, 5.41) is 3.11. The van der Waals surface area contributed by atoms with E-state index in [-0.39, 0.29) is 17.8 Å². The van der Waals surface area contributed by atoms with Gasteiger partial charge < -0.3 is 15.8 Å². The van der Waals surface area contributed by atoms with Crippen molar-refractivity contribution in [1.29, 1.82) is 0 Å². The monoisotopic (exact) mass is 266 g/mol. The molecule has 0 saturated carbocycles. The van der Waals surface area contributed by atoms with Crippen LogP contribution in [0.4, 0.5) is 11.6 Å². The number of methoxy groups -OCH3 is 1. The zero-order valence-electron chi connectivity index (χ0n) is 12.1. The molecule has 1 atom stereocenters. The Kier molecular flexibility index (Phi) is 5.09. The SMILES string of the molecule is COC(=O)C(Nc1ncnc(N)c1C(C)C)C(C)C. The molecule has 1 aromatic heterocycles. The Bertz CT molecular complexity index is 446. The van der Waals surface area contributed by atoms with Gasteiger partial charge in [-0.15, -0.1) is 0 Å². The molecule has 0 bridgehead atoms. The Balaban J connectivity index is 3.10. The van der Waals surface area contributed by atoms with E-state index < -0.39 is 6.04 Å². The number of esters is 1. The fraction of sp³-hybridized carbons (Fsp3) is 0.615. The van der Waals surface area contributed by atoms with Crippen molar-refractivity contribution in [2.75, 3.05) is 18.2 Å². The molecular formula is C13H22N4O2. The molecule has 0 aromatic carbocycles. The molecule has 1 unspecified atom stereocenters. The van der Waals surface area contributed by atoms with Gasteiger partial charge in [0.1, 0.15) is 24.0 Å². The van der Waals surface area contributed by atoms with E-state index in [0.29, 0.717) is 11.6 Å². The van der Waals surface area contributed by atoms with Gasteiger partial charge in [0.25, 0.3) is 0 Å². The minimum Gasteiger partial charge on any atom is -0.467 e. The third kappa shape index (κ3) is 3.56. The third-order valence-electron chi connectivity index (χ3n) is 2.91. The molecule has 0 radical (unpaired) electrons. The van der Waals surface area contributed by atoms with Gasteiger partial charge >= 0.3 is 5.97 Å². The topological polar surface area (TPSA) is 90.1 Å². The second-order valence-corrected chi connectivity index (χ2v) is 5.07. The number of nitrogens with zero attached hydrogens (tertiary/aromatic N) is 2. The number of nitrogens with one attached hydrogen (secondary N) is 1. The van der Waals surface area contributed by atoms with Crippen molar-refractivity contribution in [2.45, 2.75) is 39.7 Å². The summed E-state index contributed by atoms with van der Waals surface area (Å²) in [5.41, 5.74) is 6.69. The lowest BCUT2D eigenvalue weighted by molar-refractivity contribution is -0.142. The van der Waals surface area contributed by atoms with Crippen LogP contribution in [0.2, 0.25) is 0 Å². The van der Waals surface area contributed by atoms with E-state index in [9.17, 15) is 4.79 Å². The summed E-state index contributed by atoms with van der Waals surface area (Å²) < 4.78 is 4.80. The zero-order valence-corrected chi connectivity index (χ0v) is 12.1. The van der Waals surface area contributed by atoms with E-state index in [1.807, 2.05) is 27.7 Å². The number of ether oxygens (including phenoxy) is 1. The third-order valence-corrected chi connectivity index (χ3v) is 2.91. The van der Waals surface area contributed by atoms with Crippen molar-refractivity contribution in [2.24, 2.45) is 5.92 Å². The Morgan fingerprint density at radius 2 is 1.95 bits per heavy atom. The van der Waals surface area contributed by atoms with E-state index in [4.69, 9.17) is 10.5 Å². The molecule has 0 saturated heterocycles. The second kappa shape index (κ2) is 6.36. The van der Waals surface area contributed by atoms with Crippen LogP contribution in [0.1, 0.15) is 39.2 Å². The van der Waals surface area contributed by atoms with Gasteiger partial charge in [-0.2, -0.15) is 0 Å². The van der Waals surface area contributed by atoms with E-state index in [0.717, 1.165) is 5.56 Å². The van der Waals surface area contributed by atoms with E-state index in [1.54, 1.807) is 0 Å². The number of hydrogen-bond acceptors (Lipinski definition) is 6. The van der Waals surface area contributed by atoms with Crippen molar-refractivity contribution in [3.8, 4) is 0 Å². The van der Waals surface area contributed by atoms with Crippen LogP contribution in [0.25, 0.3) is 0 Å². The predicted octanol–water partition coefficient (Wildman–Crippen LogP) is 1.79. The van der Waals surface area contributed by atoms with Gasteiger partial charge in [-0.3, -0.25) is 0 Å². The lowest BCUT2D eigenvalue weighted by atomic mass is 10.0. The van der Waals surface area contributed by atoms with Crippen molar-refractivity contribution in [1.82, 2.24) is 9.97 Å². The molecule has 0 amide bonds. The summed E-state index contributed by atoms with van der Waals surface area (Å²) in [4.78, 5) is 19.9. The van der Waals surface area contributed by atoms with Crippen LogP contribution >= 0.6 is 0 Å². The first-order valence-corrected chi connectivity index (χ1v) is 6.33. The van der Waals surface area contributed by atoms with Crippen LogP contribution in [-0.4, -0.2) is 29.1 Å². The zero-order chi connectivity index (χ0) is 14.6. The lowest BCUT2D eigenvalue weighted by Crippen LogP contribution is -2.36. The molecule has 1 rings (SSSR count). The van der Waals surface area contributed by atoms with Gasteiger partial charge in [-0.25, -0.2) is 14.8 Å². The summed E-state index contributed by atoms with van der Waals surface area (Å²) in [6.45, 7) is 7.88. The highest BCUT2D eigenvalue weighted by Gasteiger charge is 2.25. The molecule has 0 spiro atoms. The van der Waals surface area contributed by atoms with Crippen molar-refractivity contribution < 1.29 is 9.53 Å².